The highest BCUT2D eigenvalue weighted by atomic mass is 19.4. The molecular formula is C22H27F3N2O3. The van der Waals surface area contributed by atoms with Gasteiger partial charge in [-0.15, -0.1) is 0 Å². The summed E-state index contributed by atoms with van der Waals surface area (Å²) in [6.45, 7) is 3.12. The molecule has 0 saturated carbocycles. The second-order valence-corrected chi connectivity index (χ2v) is 7.74. The van der Waals surface area contributed by atoms with Crippen molar-refractivity contribution in [3.05, 3.63) is 53.3 Å². The summed E-state index contributed by atoms with van der Waals surface area (Å²) in [5, 5.41) is 0. The zero-order valence-electron chi connectivity index (χ0n) is 17.2. The van der Waals surface area contributed by atoms with Crippen LogP contribution in [0.4, 0.5) is 13.2 Å². The van der Waals surface area contributed by atoms with Crippen molar-refractivity contribution in [2.75, 3.05) is 40.3 Å². The van der Waals surface area contributed by atoms with Gasteiger partial charge in [-0.05, 0) is 56.0 Å². The Morgan fingerprint density at radius 2 is 1.97 bits per heavy atom. The fourth-order valence-electron chi connectivity index (χ4n) is 3.79. The normalized spacial score (nSPS) is 15.9. The summed E-state index contributed by atoms with van der Waals surface area (Å²) in [5.74, 6) is 0.777. The number of hydrogen-bond donors (Lipinski definition) is 0. The number of rotatable bonds is 7. The molecule has 8 heteroatoms. The van der Waals surface area contributed by atoms with Crippen molar-refractivity contribution in [1.29, 1.82) is 0 Å². The van der Waals surface area contributed by atoms with Crippen LogP contribution in [0.15, 0.2) is 40.8 Å². The highest BCUT2D eigenvalue weighted by Gasteiger charge is 2.30. The third-order valence-corrected chi connectivity index (χ3v) is 5.55. The maximum absolute atomic E-state index is 12.8. The van der Waals surface area contributed by atoms with E-state index >= 15 is 0 Å². The van der Waals surface area contributed by atoms with Crippen molar-refractivity contribution in [1.82, 2.24) is 9.80 Å². The van der Waals surface area contributed by atoms with Crippen LogP contribution < -0.4 is 4.74 Å². The Labute approximate surface area is 174 Å². The molecule has 0 aliphatic carbocycles. The first-order chi connectivity index (χ1) is 14.3. The van der Waals surface area contributed by atoms with Gasteiger partial charge in [0.2, 0.25) is 0 Å². The van der Waals surface area contributed by atoms with Crippen LogP contribution in [-0.2, 0) is 12.6 Å². The van der Waals surface area contributed by atoms with E-state index < -0.39 is 11.7 Å². The number of benzene rings is 1. The highest BCUT2D eigenvalue weighted by Crippen LogP contribution is 2.29. The lowest BCUT2D eigenvalue weighted by Gasteiger charge is -2.33. The van der Waals surface area contributed by atoms with Crippen LogP contribution in [0.5, 0.6) is 5.95 Å². The largest absolute Gasteiger partial charge is 0.468 e. The quantitative estimate of drug-likeness (QED) is 0.664. The first kappa shape index (κ1) is 22.2. The number of likely N-dealkylation sites (tertiary alicyclic amines) is 1. The Morgan fingerprint density at radius 1 is 1.23 bits per heavy atom. The van der Waals surface area contributed by atoms with Gasteiger partial charge in [0.15, 0.2) is 5.76 Å². The number of halogens is 3. The number of ether oxygens (including phenoxy) is 1. The van der Waals surface area contributed by atoms with Crippen molar-refractivity contribution in [3.8, 4) is 5.95 Å². The molecule has 1 aliphatic rings. The number of methoxy groups -OCH3 is 1. The molecule has 1 amide bonds. The number of carbonyl (C=O) groups excluding carboxylic acids is 1. The summed E-state index contributed by atoms with van der Waals surface area (Å²) in [6, 6.07) is 8.76. The monoisotopic (exact) mass is 424 g/mol. The van der Waals surface area contributed by atoms with Gasteiger partial charge in [0.25, 0.3) is 11.9 Å². The summed E-state index contributed by atoms with van der Waals surface area (Å²) in [5.41, 5.74) is 0.103. The Morgan fingerprint density at radius 3 is 2.60 bits per heavy atom. The first-order valence-corrected chi connectivity index (χ1v) is 10.0. The predicted molar refractivity (Wildman–Crippen MR) is 107 cm³/mol. The molecule has 1 aromatic carbocycles. The van der Waals surface area contributed by atoms with Gasteiger partial charge in [-0.1, -0.05) is 18.2 Å². The van der Waals surface area contributed by atoms with Crippen LogP contribution in [0.25, 0.3) is 0 Å². The number of furan rings is 1. The van der Waals surface area contributed by atoms with E-state index in [1.54, 1.807) is 30.1 Å². The molecule has 5 nitrogen and oxygen atoms in total. The number of hydrogen-bond acceptors (Lipinski definition) is 4. The molecule has 0 atom stereocenters. The Balaban J connectivity index is 1.43. The molecule has 0 radical (unpaired) electrons. The third kappa shape index (κ3) is 5.78. The van der Waals surface area contributed by atoms with Crippen molar-refractivity contribution >= 4 is 5.91 Å². The molecule has 1 aliphatic heterocycles. The molecule has 0 bridgehead atoms. The van der Waals surface area contributed by atoms with E-state index in [1.807, 2.05) is 0 Å². The van der Waals surface area contributed by atoms with Gasteiger partial charge in [0, 0.05) is 26.2 Å². The molecular weight excluding hydrogens is 397 g/mol. The Kier molecular flexibility index (Phi) is 7.07. The molecule has 3 rings (SSSR count). The lowest BCUT2D eigenvalue weighted by atomic mass is 9.96. The maximum Gasteiger partial charge on any atom is 0.416 e. The van der Waals surface area contributed by atoms with Gasteiger partial charge in [-0.3, -0.25) is 4.79 Å². The van der Waals surface area contributed by atoms with E-state index in [0.29, 0.717) is 30.4 Å². The zero-order chi connectivity index (χ0) is 21.7. The number of carbonyl (C=O) groups is 1. The first-order valence-electron chi connectivity index (χ1n) is 10.0. The molecule has 0 N–H and O–H groups in total. The van der Waals surface area contributed by atoms with Gasteiger partial charge in [-0.2, -0.15) is 13.2 Å². The van der Waals surface area contributed by atoms with Crippen molar-refractivity contribution < 1.29 is 27.1 Å². The van der Waals surface area contributed by atoms with Crippen LogP contribution in [0.3, 0.4) is 0 Å². The SMILES string of the molecule is COc1ccc(C(=O)N(C)CC2CCN(CCc3cccc(C(F)(F)F)c3)CC2)o1. The summed E-state index contributed by atoms with van der Waals surface area (Å²) in [6.07, 6.45) is -1.82. The van der Waals surface area contributed by atoms with Crippen LogP contribution in [0, 0.1) is 5.92 Å². The van der Waals surface area contributed by atoms with Gasteiger partial charge >= 0.3 is 6.18 Å². The average molecular weight is 424 g/mol. The fourth-order valence-corrected chi connectivity index (χ4v) is 3.79. The zero-order valence-corrected chi connectivity index (χ0v) is 17.2. The van der Waals surface area contributed by atoms with Crippen LogP contribution in [0.2, 0.25) is 0 Å². The Hall–Kier alpha value is -2.48. The summed E-state index contributed by atoms with van der Waals surface area (Å²) in [7, 11) is 3.24. The molecule has 2 aromatic rings. The summed E-state index contributed by atoms with van der Waals surface area (Å²) >= 11 is 0. The maximum atomic E-state index is 12.8. The molecule has 30 heavy (non-hydrogen) atoms. The number of nitrogens with zero attached hydrogens (tertiary/aromatic N) is 2. The predicted octanol–water partition coefficient (Wildman–Crippen LogP) is 4.33. The average Bonchev–Trinajstić information content (AvgIpc) is 3.21. The van der Waals surface area contributed by atoms with Gasteiger partial charge in [-0.25, -0.2) is 0 Å². The van der Waals surface area contributed by atoms with E-state index in [1.165, 1.54) is 19.2 Å². The molecule has 0 unspecified atom stereocenters. The van der Waals surface area contributed by atoms with Crippen molar-refractivity contribution in [2.45, 2.75) is 25.4 Å². The Bertz CT molecular complexity index is 842. The molecule has 0 spiro atoms. The second-order valence-electron chi connectivity index (χ2n) is 7.74. The molecule has 1 fully saturated rings. The van der Waals surface area contributed by atoms with E-state index in [2.05, 4.69) is 4.90 Å². The smallest absolute Gasteiger partial charge is 0.416 e. The number of piperidine rings is 1. The summed E-state index contributed by atoms with van der Waals surface area (Å²) < 4.78 is 48.8. The molecule has 1 aromatic heterocycles. The molecule has 164 valence electrons. The number of alkyl halides is 3. The van der Waals surface area contributed by atoms with E-state index in [-0.39, 0.29) is 11.7 Å². The standard InChI is InChI=1S/C22H27F3N2O3/c1-26(21(28)19-6-7-20(29-2)30-19)15-17-9-12-27(13-10-17)11-8-16-4-3-5-18(14-16)22(23,24)25/h3-7,14,17H,8-13,15H2,1-2H3. The van der Waals surface area contributed by atoms with E-state index in [4.69, 9.17) is 9.15 Å². The second kappa shape index (κ2) is 9.55. The third-order valence-electron chi connectivity index (χ3n) is 5.55. The van der Waals surface area contributed by atoms with Crippen LogP contribution in [-0.4, -0.2) is 56.0 Å². The van der Waals surface area contributed by atoms with Crippen LogP contribution in [0.1, 0.15) is 34.5 Å². The molecule has 1 saturated heterocycles. The molecule has 2 heterocycles. The van der Waals surface area contributed by atoms with Gasteiger partial charge in [0.05, 0.1) is 12.7 Å². The van der Waals surface area contributed by atoms with Crippen LogP contribution >= 0.6 is 0 Å². The minimum atomic E-state index is -4.31. The highest BCUT2D eigenvalue weighted by molar-refractivity contribution is 5.91. The van der Waals surface area contributed by atoms with Gasteiger partial charge < -0.3 is 19.0 Å². The van der Waals surface area contributed by atoms with E-state index in [0.717, 1.165) is 38.5 Å². The lowest BCUT2D eigenvalue weighted by Crippen LogP contribution is -2.40. The minimum Gasteiger partial charge on any atom is -0.468 e. The fraction of sp³-hybridized carbons (Fsp3) is 0.500. The number of amides is 1. The topological polar surface area (TPSA) is 45.9 Å². The van der Waals surface area contributed by atoms with Crippen molar-refractivity contribution in [3.63, 3.8) is 0 Å². The summed E-state index contributed by atoms with van der Waals surface area (Å²) in [4.78, 5) is 16.4. The van der Waals surface area contributed by atoms with Crippen molar-refractivity contribution in [2.24, 2.45) is 5.92 Å². The van der Waals surface area contributed by atoms with E-state index in [9.17, 15) is 18.0 Å². The lowest BCUT2D eigenvalue weighted by molar-refractivity contribution is -0.137. The minimum absolute atomic E-state index is 0.176. The van der Waals surface area contributed by atoms with Gasteiger partial charge in [0.1, 0.15) is 0 Å².